The van der Waals surface area contributed by atoms with Gasteiger partial charge < -0.3 is 10.1 Å². The molecule has 2 saturated carbocycles. The summed E-state index contributed by atoms with van der Waals surface area (Å²) >= 11 is 0. The lowest BCUT2D eigenvalue weighted by atomic mass is 9.88. The summed E-state index contributed by atoms with van der Waals surface area (Å²) in [7, 11) is 0. The summed E-state index contributed by atoms with van der Waals surface area (Å²) < 4.78 is 5.56. The summed E-state index contributed by atoms with van der Waals surface area (Å²) in [4.78, 5) is 0. The smallest absolute Gasteiger partial charge is 0.0604 e. The molecule has 0 aromatic rings. The zero-order valence-electron chi connectivity index (χ0n) is 10.2. The third-order valence-corrected chi connectivity index (χ3v) is 4.00. The molecule has 0 heterocycles. The quantitative estimate of drug-likeness (QED) is 0.699. The Hall–Kier alpha value is -0.0800. The molecule has 0 spiro atoms. The Labute approximate surface area is 93.8 Å². The summed E-state index contributed by atoms with van der Waals surface area (Å²) in [5, 5.41) is 3.72. The van der Waals surface area contributed by atoms with Gasteiger partial charge in [-0.3, -0.25) is 0 Å². The van der Waals surface area contributed by atoms with Gasteiger partial charge in [0.25, 0.3) is 0 Å². The first-order chi connectivity index (χ1) is 7.28. The van der Waals surface area contributed by atoms with Gasteiger partial charge >= 0.3 is 0 Å². The van der Waals surface area contributed by atoms with Crippen molar-refractivity contribution in [3.63, 3.8) is 0 Å². The second-order valence-electron chi connectivity index (χ2n) is 5.38. The van der Waals surface area contributed by atoms with E-state index in [1.807, 2.05) is 0 Å². The Morgan fingerprint density at radius 2 is 2.00 bits per heavy atom. The molecule has 0 unspecified atom stereocenters. The fraction of sp³-hybridized carbons (Fsp3) is 1.00. The van der Waals surface area contributed by atoms with E-state index in [1.165, 1.54) is 45.1 Å². The van der Waals surface area contributed by atoms with E-state index in [0.29, 0.717) is 11.5 Å². The predicted molar refractivity (Wildman–Crippen MR) is 63.0 cm³/mol. The molecule has 2 nitrogen and oxygen atoms in total. The molecule has 0 aliphatic heterocycles. The van der Waals surface area contributed by atoms with Crippen LogP contribution in [0.5, 0.6) is 0 Å². The summed E-state index contributed by atoms with van der Waals surface area (Å²) in [6.45, 7) is 6.51. The highest BCUT2D eigenvalue weighted by Crippen LogP contribution is 2.49. The van der Waals surface area contributed by atoms with Crippen LogP contribution in [0.15, 0.2) is 0 Å². The lowest BCUT2D eigenvalue weighted by Gasteiger charge is -2.36. The molecule has 0 atom stereocenters. The van der Waals surface area contributed by atoms with Gasteiger partial charge in [-0.15, -0.1) is 0 Å². The SMILES string of the molecule is CCCC1(CNC2CC(OCC)C2)CC1. The van der Waals surface area contributed by atoms with Gasteiger partial charge in [0.2, 0.25) is 0 Å². The van der Waals surface area contributed by atoms with E-state index in [2.05, 4.69) is 19.2 Å². The molecule has 0 saturated heterocycles. The Balaban J connectivity index is 1.56. The molecule has 0 aromatic heterocycles. The number of hydrogen-bond donors (Lipinski definition) is 1. The van der Waals surface area contributed by atoms with Crippen molar-refractivity contribution in [3.05, 3.63) is 0 Å². The second-order valence-corrected chi connectivity index (χ2v) is 5.38. The van der Waals surface area contributed by atoms with Gasteiger partial charge in [0, 0.05) is 19.2 Å². The standard InChI is InChI=1S/C13H25NO/c1-3-5-13(6-7-13)10-14-11-8-12(9-11)15-4-2/h11-12,14H,3-10H2,1-2H3. The first-order valence-corrected chi connectivity index (χ1v) is 6.63. The third-order valence-electron chi connectivity index (χ3n) is 4.00. The average Bonchev–Trinajstić information content (AvgIpc) is 2.90. The minimum absolute atomic E-state index is 0.550. The van der Waals surface area contributed by atoms with Gasteiger partial charge in [-0.05, 0) is 44.4 Å². The van der Waals surface area contributed by atoms with Crippen molar-refractivity contribution in [1.82, 2.24) is 5.32 Å². The van der Waals surface area contributed by atoms with Crippen LogP contribution in [0.1, 0.15) is 52.4 Å². The first kappa shape index (κ1) is 11.4. The molecule has 2 heteroatoms. The molecule has 0 radical (unpaired) electrons. The minimum atomic E-state index is 0.550. The molecule has 0 bridgehead atoms. The predicted octanol–water partition coefficient (Wildman–Crippen LogP) is 2.72. The van der Waals surface area contributed by atoms with Gasteiger partial charge in [0.05, 0.1) is 6.10 Å². The zero-order chi connectivity index (χ0) is 10.7. The summed E-state index contributed by atoms with van der Waals surface area (Å²) in [6, 6.07) is 0.746. The first-order valence-electron chi connectivity index (χ1n) is 6.63. The molecule has 1 N–H and O–H groups in total. The molecule has 2 rings (SSSR count). The lowest BCUT2D eigenvalue weighted by Crippen LogP contribution is -2.47. The summed E-state index contributed by atoms with van der Waals surface area (Å²) in [6.07, 6.45) is 8.68. The lowest BCUT2D eigenvalue weighted by molar-refractivity contribution is -0.0109. The zero-order valence-corrected chi connectivity index (χ0v) is 10.2. The number of hydrogen-bond acceptors (Lipinski definition) is 2. The van der Waals surface area contributed by atoms with Gasteiger partial charge in [-0.1, -0.05) is 13.3 Å². The van der Waals surface area contributed by atoms with E-state index in [4.69, 9.17) is 4.74 Å². The van der Waals surface area contributed by atoms with E-state index in [1.54, 1.807) is 0 Å². The molecular formula is C13H25NO. The fourth-order valence-electron chi connectivity index (χ4n) is 2.69. The topological polar surface area (TPSA) is 21.3 Å². The summed E-state index contributed by atoms with van der Waals surface area (Å²) in [5.41, 5.74) is 0.700. The van der Waals surface area contributed by atoms with Gasteiger partial charge in [0.15, 0.2) is 0 Å². The van der Waals surface area contributed by atoms with Crippen LogP contribution in [-0.2, 0) is 4.74 Å². The third kappa shape index (κ3) is 2.94. The van der Waals surface area contributed by atoms with E-state index in [9.17, 15) is 0 Å². The van der Waals surface area contributed by atoms with Crippen molar-refractivity contribution in [2.24, 2.45) is 5.41 Å². The molecule has 88 valence electrons. The van der Waals surface area contributed by atoms with Crippen LogP contribution < -0.4 is 5.32 Å². The Morgan fingerprint density at radius 3 is 2.53 bits per heavy atom. The van der Waals surface area contributed by atoms with Gasteiger partial charge in [0.1, 0.15) is 0 Å². The average molecular weight is 211 g/mol. The molecule has 2 aliphatic carbocycles. The monoisotopic (exact) mass is 211 g/mol. The van der Waals surface area contributed by atoms with Crippen LogP contribution in [-0.4, -0.2) is 25.3 Å². The Morgan fingerprint density at radius 1 is 1.27 bits per heavy atom. The van der Waals surface area contributed by atoms with Gasteiger partial charge in [-0.25, -0.2) is 0 Å². The van der Waals surface area contributed by atoms with Crippen molar-refractivity contribution >= 4 is 0 Å². The van der Waals surface area contributed by atoms with E-state index >= 15 is 0 Å². The Kier molecular flexibility index (Phi) is 3.68. The van der Waals surface area contributed by atoms with Crippen molar-refractivity contribution in [2.75, 3.05) is 13.2 Å². The maximum Gasteiger partial charge on any atom is 0.0604 e. The molecule has 2 aliphatic rings. The van der Waals surface area contributed by atoms with E-state index in [-0.39, 0.29) is 0 Å². The van der Waals surface area contributed by atoms with Crippen LogP contribution in [0.4, 0.5) is 0 Å². The largest absolute Gasteiger partial charge is 0.378 e. The number of rotatable bonds is 7. The highest BCUT2D eigenvalue weighted by molar-refractivity contribution is 4.96. The molecule has 15 heavy (non-hydrogen) atoms. The van der Waals surface area contributed by atoms with Crippen LogP contribution >= 0.6 is 0 Å². The molecule has 2 fully saturated rings. The molecule has 0 amide bonds. The van der Waals surface area contributed by atoms with E-state index in [0.717, 1.165) is 12.6 Å². The van der Waals surface area contributed by atoms with Gasteiger partial charge in [-0.2, -0.15) is 0 Å². The minimum Gasteiger partial charge on any atom is -0.378 e. The maximum absolute atomic E-state index is 5.56. The number of ether oxygens (including phenoxy) is 1. The van der Waals surface area contributed by atoms with Crippen molar-refractivity contribution in [2.45, 2.75) is 64.5 Å². The molecular weight excluding hydrogens is 186 g/mol. The van der Waals surface area contributed by atoms with Crippen LogP contribution in [0.3, 0.4) is 0 Å². The van der Waals surface area contributed by atoms with E-state index < -0.39 is 0 Å². The normalized spacial score (nSPS) is 32.4. The van der Waals surface area contributed by atoms with Crippen molar-refractivity contribution in [3.8, 4) is 0 Å². The second kappa shape index (κ2) is 4.84. The highest BCUT2D eigenvalue weighted by atomic mass is 16.5. The van der Waals surface area contributed by atoms with Crippen molar-refractivity contribution < 1.29 is 4.74 Å². The maximum atomic E-state index is 5.56. The van der Waals surface area contributed by atoms with Crippen LogP contribution in [0.2, 0.25) is 0 Å². The number of nitrogens with one attached hydrogen (secondary N) is 1. The summed E-state index contributed by atoms with van der Waals surface area (Å²) in [5.74, 6) is 0. The Bertz CT molecular complexity index is 195. The molecule has 0 aromatic carbocycles. The van der Waals surface area contributed by atoms with Crippen molar-refractivity contribution in [1.29, 1.82) is 0 Å². The fourth-order valence-corrected chi connectivity index (χ4v) is 2.69. The van der Waals surface area contributed by atoms with Crippen LogP contribution in [0.25, 0.3) is 0 Å². The highest BCUT2D eigenvalue weighted by Gasteiger charge is 2.42. The van der Waals surface area contributed by atoms with Crippen LogP contribution in [0, 0.1) is 5.41 Å².